The molecule has 1 aliphatic rings. The molecular weight excluding hydrogens is 230 g/mol. The van der Waals surface area contributed by atoms with E-state index in [4.69, 9.17) is 0 Å². The zero-order chi connectivity index (χ0) is 13.8. The van der Waals surface area contributed by atoms with Gasteiger partial charge < -0.3 is 5.32 Å². The fraction of sp³-hybridized carbons (Fsp3) is 0.667. The second-order valence-corrected chi connectivity index (χ2v) is 6.35. The number of nitrogens with one attached hydrogen (secondary N) is 1. The van der Waals surface area contributed by atoms with Crippen molar-refractivity contribution in [1.82, 2.24) is 5.32 Å². The maximum absolute atomic E-state index is 3.80. The Morgan fingerprint density at radius 1 is 1.21 bits per heavy atom. The van der Waals surface area contributed by atoms with E-state index in [0.717, 1.165) is 18.4 Å². The van der Waals surface area contributed by atoms with Crippen LogP contribution in [0.1, 0.15) is 62.3 Å². The predicted molar refractivity (Wildman–Crippen MR) is 83.5 cm³/mol. The van der Waals surface area contributed by atoms with Crippen molar-refractivity contribution in [2.45, 2.75) is 59.4 Å². The molecule has 1 nitrogen and oxygen atoms in total. The number of hydrogen-bond acceptors (Lipinski definition) is 1. The fourth-order valence-electron chi connectivity index (χ4n) is 3.44. The zero-order valence-electron chi connectivity index (χ0n) is 13.0. The van der Waals surface area contributed by atoms with Crippen LogP contribution in [0.5, 0.6) is 0 Å². The second-order valence-electron chi connectivity index (χ2n) is 6.35. The summed E-state index contributed by atoms with van der Waals surface area (Å²) < 4.78 is 0. The van der Waals surface area contributed by atoms with E-state index in [2.05, 4.69) is 51.2 Å². The summed E-state index contributed by atoms with van der Waals surface area (Å²) in [5.41, 5.74) is 4.32. The Bertz CT molecular complexity index is 410. The van der Waals surface area contributed by atoms with Crippen molar-refractivity contribution < 1.29 is 0 Å². The molecule has 1 aromatic carbocycles. The summed E-state index contributed by atoms with van der Waals surface area (Å²) in [5.74, 6) is 1.67. The molecule has 1 aliphatic carbocycles. The van der Waals surface area contributed by atoms with Crippen molar-refractivity contribution in [3.8, 4) is 0 Å². The summed E-state index contributed by atoms with van der Waals surface area (Å²) in [5, 5.41) is 3.80. The molecule has 106 valence electrons. The van der Waals surface area contributed by atoms with E-state index in [9.17, 15) is 0 Å². The summed E-state index contributed by atoms with van der Waals surface area (Å²) in [7, 11) is 0. The molecule has 1 N–H and O–H groups in total. The lowest BCUT2D eigenvalue weighted by atomic mass is 9.85. The molecule has 3 atom stereocenters. The Hall–Kier alpha value is -0.820. The maximum atomic E-state index is 3.80. The van der Waals surface area contributed by atoms with Crippen molar-refractivity contribution in [3.63, 3.8) is 0 Å². The summed E-state index contributed by atoms with van der Waals surface area (Å²) in [6.45, 7) is 10.2. The Labute approximate surface area is 118 Å². The van der Waals surface area contributed by atoms with Gasteiger partial charge in [0.2, 0.25) is 0 Å². The van der Waals surface area contributed by atoms with Gasteiger partial charge in [0.25, 0.3) is 0 Å². The first-order valence-electron chi connectivity index (χ1n) is 7.94. The molecule has 0 aromatic heterocycles. The van der Waals surface area contributed by atoms with Gasteiger partial charge in [-0.15, -0.1) is 0 Å². The first-order valence-corrected chi connectivity index (χ1v) is 7.94. The Morgan fingerprint density at radius 3 is 2.58 bits per heavy atom. The minimum absolute atomic E-state index is 0.553. The van der Waals surface area contributed by atoms with E-state index in [-0.39, 0.29) is 0 Å². The maximum Gasteiger partial charge on any atom is 0.0351 e. The lowest BCUT2D eigenvalue weighted by Crippen LogP contribution is -2.30. The van der Waals surface area contributed by atoms with E-state index < -0.39 is 0 Å². The standard InChI is InChI=1S/C18H29N/c1-5-11-19-18(17-8-6-7-14(17)3)16-10-9-13(2)15(4)12-16/h9-10,12,14,17-19H,5-8,11H2,1-4H3. The van der Waals surface area contributed by atoms with Gasteiger partial charge in [-0.1, -0.05) is 44.9 Å². The quantitative estimate of drug-likeness (QED) is 0.802. The molecule has 0 spiro atoms. The number of aryl methyl sites for hydroxylation is 2. The average Bonchev–Trinajstić information content (AvgIpc) is 2.80. The van der Waals surface area contributed by atoms with Crippen LogP contribution in [0.3, 0.4) is 0 Å². The van der Waals surface area contributed by atoms with E-state index in [1.807, 2.05) is 0 Å². The van der Waals surface area contributed by atoms with Crippen LogP contribution in [0.4, 0.5) is 0 Å². The molecule has 1 heteroatoms. The highest BCUT2D eigenvalue weighted by Crippen LogP contribution is 2.40. The van der Waals surface area contributed by atoms with Gasteiger partial charge >= 0.3 is 0 Å². The molecule has 0 radical (unpaired) electrons. The van der Waals surface area contributed by atoms with Crippen LogP contribution in [0.2, 0.25) is 0 Å². The van der Waals surface area contributed by atoms with Crippen molar-refractivity contribution >= 4 is 0 Å². The third kappa shape index (κ3) is 3.39. The summed E-state index contributed by atoms with van der Waals surface area (Å²) in [6.07, 6.45) is 5.40. The molecule has 0 bridgehead atoms. The van der Waals surface area contributed by atoms with Crippen molar-refractivity contribution in [2.24, 2.45) is 11.8 Å². The molecule has 0 amide bonds. The third-order valence-corrected chi connectivity index (χ3v) is 4.86. The van der Waals surface area contributed by atoms with Crippen LogP contribution in [0.25, 0.3) is 0 Å². The Morgan fingerprint density at radius 2 is 2.00 bits per heavy atom. The monoisotopic (exact) mass is 259 g/mol. The van der Waals surface area contributed by atoms with Gasteiger partial charge in [-0.2, -0.15) is 0 Å². The minimum atomic E-state index is 0.553. The number of rotatable bonds is 5. The van der Waals surface area contributed by atoms with Gasteiger partial charge in [0.1, 0.15) is 0 Å². The summed E-state index contributed by atoms with van der Waals surface area (Å²) in [6, 6.07) is 7.57. The molecule has 1 aromatic rings. The van der Waals surface area contributed by atoms with Crippen molar-refractivity contribution in [1.29, 1.82) is 0 Å². The van der Waals surface area contributed by atoms with Crippen LogP contribution in [-0.4, -0.2) is 6.54 Å². The second kappa shape index (κ2) is 6.56. The predicted octanol–water partition coefficient (Wildman–Crippen LogP) is 4.78. The largest absolute Gasteiger partial charge is 0.310 e. The van der Waals surface area contributed by atoms with Gasteiger partial charge in [0.05, 0.1) is 0 Å². The molecule has 0 saturated heterocycles. The van der Waals surface area contributed by atoms with Gasteiger partial charge in [0, 0.05) is 6.04 Å². The Kier molecular flexibility index (Phi) is 5.04. The molecule has 0 aliphatic heterocycles. The highest BCUT2D eigenvalue weighted by Gasteiger charge is 2.31. The van der Waals surface area contributed by atoms with Crippen LogP contribution >= 0.6 is 0 Å². The molecule has 2 rings (SSSR count). The molecule has 19 heavy (non-hydrogen) atoms. The van der Waals surface area contributed by atoms with Crippen LogP contribution in [-0.2, 0) is 0 Å². The first kappa shape index (κ1) is 14.6. The van der Waals surface area contributed by atoms with Gasteiger partial charge in [-0.25, -0.2) is 0 Å². The number of hydrogen-bond donors (Lipinski definition) is 1. The molecular formula is C18H29N. The summed E-state index contributed by atoms with van der Waals surface area (Å²) >= 11 is 0. The van der Waals surface area contributed by atoms with E-state index >= 15 is 0 Å². The lowest BCUT2D eigenvalue weighted by Gasteiger charge is -2.29. The molecule has 0 heterocycles. The zero-order valence-corrected chi connectivity index (χ0v) is 13.0. The van der Waals surface area contributed by atoms with E-state index in [1.54, 1.807) is 0 Å². The third-order valence-electron chi connectivity index (χ3n) is 4.86. The van der Waals surface area contributed by atoms with Gasteiger partial charge in [-0.05, 0) is 61.8 Å². The molecule has 3 unspecified atom stereocenters. The molecule has 1 fully saturated rings. The highest BCUT2D eigenvalue weighted by atomic mass is 14.9. The topological polar surface area (TPSA) is 12.0 Å². The van der Waals surface area contributed by atoms with Gasteiger partial charge in [0.15, 0.2) is 0 Å². The SMILES string of the molecule is CCCNC(c1ccc(C)c(C)c1)C1CCCC1C. The smallest absolute Gasteiger partial charge is 0.0351 e. The van der Waals surface area contributed by atoms with E-state index in [1.165, 1.54) is 42.4 Å². The summed E-state index contributed by atoms with van der Waals surface area (Å²) in [4.78, 5) is 0. The van der Waals surface area contributed by atoms with Crippen molar-refractivity contribution in [2.75, 3.05) is 6.54 Å². The molecule has 1 saturated carbocycles. The first-order chi connectivity index (χ1) is 9.13. The average molecular weight is 259 g/mol. The van der Waals surface area contributed by atoms with Crippen LogP contribution < -0.4 is 5.32 Å². The van der Waals surface area contributed by atoms with Gasteiger partial charge in [-0.3, -0.25) is 0 Å². The number of benzene rings is 1. The van der Waals surface area contributed by atoms with Crippen LogP contribution in [0.15, 0.2) is 18.2 Å². The van der Waals surface area contributed by atoms with Crippen molar-refractivity contribution in [3.05, 3.63) is 34.9 Å². The van der Waals surface area contributed by atoms with Crippen LogP contribution in [0, 0.1) is 25.7 Å². The Balaban J connectivity index is 2.22. The van der Waals surface area contributed by atoms with E-state index in [0.29, 0.717) is 6.04 Å². The minimum Gasteiger partial charge on any atom is -0.310 e. The lowest BCUT2D eigenvalue weighted by molar-refractivity contribution is 0.302. The fourth-order valence-corrected chi connectivity index (χ4v) is 3.44. The highest BCUT2D eigenvalue weighted by molar-refractivity contribution is 5.32. The normalized spacial score (nSPS) is 24.6.